The Labute approximate surface area is 276 Å². The maximum Gasteiger partial charge on any atom is 0.306 e. The van der Waals surface area contributed by atoms with Crippen molar-refractivity contribution in [2.24, 2.45) is 5.92 Å². The molecule has 14 heteroatoms. The Morgan fingerprint density at radius 1 is 1.02 bits per heavy atom. The first kappa shape index (κ1) is 33.5. The number of hydrogen-bond donors (Lipinski definition) is 2. The molecular formula is C33H37ClFN3O8S. The van der Waals surface area contributed by atoms with Gasteiger partial charge in [-0.05, 0) is 62.3 Å². The average molecular weight is 690 g/mol. The molecule has 2 saturated heterocycles. The third-order valence-corrected chi connectivity index (χ3v) is 11.4. The minimum atomic E-state index is -3.30. The number of para-hydroxylation sites is 1. The second-order valence-electron chi connectivity index (χ2n) is 12.5. The molecule has 0 bridgehead atoms. The van der Waals surface area contributed by atoms with E-state index < -0.39 is 57.6 Å². The van der Waals surface area contributed by atoms with E-state index in [0.29, 0.717) is 49.7 Å². The van der Waals surface area contributed by atoms with Crippen molar-refractivity contribution in [2.75, 3.05) is 43.0 Å². The summed E-state index contributed by atoms with van der Waals surface area (Å²) in [6.45, 7) is 1.17. The highest BCUT2D eigenvalue weighted by Gasteiger charge is 2.53. The number of nitrogens with one attached hydrogen (secondary N) is 1. The van der Waals surface area contributed by atoms with Crippen LogP contribution in [0.15, 0.2) is 47.1 Å². The number of halogens is 2. The molecule has 3 heterocycles. The Balaban J connectivity index is 1.28. The predicted octanol–water partition coefficient (Wildman–Crippen LogP) is 4.73. The first-order chi connectivity index (χ1) is 22.5. The highest BCUT2D eigenvalue weighted by Crippen LogP contribution is 2.37. The molecule has 2 N–H and O–H groups in total. The van der Waals surface area contributed by atoms with Crippen molar-refractivity contribution in [1.82, 2.24) is 9.80 Å². The van der Waals surface area contributed by atoms with Crippen molar-refractivity contribution in [3.8, 4) is 0 Å². The molecule has 252 valence electrons. The fraction of sp³-hybridized carbons (Fsp3) is 0.485. The summed E-state index contributed by atoms with van der Waals surface area (Å²) >= 11 is 6.54. The molecule has 1 saturated carbocycles. The van der Waals surface area contributed by atoms with Gasteiger partial charge in [-0.25, -0.2) is 12.8 Å². The van der Waals surface area contributed by atoms with Crippen LogP contribution >= 0.6 is 11.6 Å². The summed E-state index contributed by atoms with van der Waals surface area (Å²) in [6.07, 6.45) is 3.70. The lowest BCUT2D eigenvalue weighted by Gasteiger charge is -2.50. The van der Waals surface area contributed by atoms with Gasteiger partial charge >= 0.3 is 5.97 Å². The zero-order valence-corrected chi connectivity index (χ0v) is 27.3. The quantitative estimate of drug-likeness (QED) is 0.306. The van der Waals surface area contributed by atoms with Crippen molar-refractivity contribution in [3.05, 3.63) is 64.6 Å². The number of Topliss-reactive ketones (excluding diaryl/α,β-unsaturated/α-hetero) is 1. The number of amides is 1. The monoisotopic (exact) mass is 689 g/mol. The largest absolute Gasteiger partial charge is 0.481 e. The van der Waals surface area contributed by atoms with Gasteiger partial charge in [0.05, 0.1) is 39.8 Å². The second-order valence-corrected chi connectivity index (χ2v) is 15.2. The van der Waals surface area contributed by atoms with Crippen molar-refractivity contribution in [1.29, 1.82) is 0 Å². The number of hydrogen-bond acceptors (Lipinski definition) is 9. The van der Waals surface area contributed by atoms with Crippen molar-refractivity contribution in [3.63, 3.8) is 0 Å². The number of ketones is 1. The summed E-state index contributed by atoms with van der Waals surface area (Å²) in [5.41, 5.74) is 0.797. The number of aliphatic carboxylic acids is 1. The van der Waals surface area contributed by atoms with Crippen LogP contribution in [0.1, 0.15) is 54.4 Å². The molecule has 3 aromatic rings. The number of benzene rings is 2. The van der Waals surface area contributed by atoms with Crippen LogP contribution in [0.3, 0.4) is 0 Å². The first-order valence-corrected chi connectivity index (χ1v) is 18.1. The Hall–Kier alpha value is -3.36. The van der Waals surface area contributed by atoms with Crippen molar-refractivity contribution in [2.45, 2.75) is 56.9 Å². The fourth-order valence-corrected chi connectivity index (χ4v) is 8.35. The van der Waals surface area contributed by atoms with E-state index in [-0.39, 0.29) is 46.4 Å². The molecule has 3 aliphatic rings. The summed E-state index contributed by atoms with van der Waals surface area (Å²) in [4.78, 5) is 42.9. The minimum absolute atomic E-state index is 0.00171. The van der Waals surface area contributed by atoms with E-state index in [1.807, 2.05) is 4.90 Å². The van der Waals surface area contributed by atoms with E-state index >= 15 is 4.39 Å². The molecule has 1 unspecified atom stereocenters. The molecule has 2 aliphatic heterocycles. The number of furan rings is 1. The number of ether oxygens (including phenoxy) is 1. The SMILES string of the molecule is O=C(Nc1cc(F)c(CC(=O)C(OC2CCC(C(=O)O)CC2)(N2CCCC2)N2CCS(=O)(=O)CC2)cc1Cl)c1coc2ccccc12. The molecule has 0 radical (unpaired) electrons. The number of nitrogens with zero attached hydrogens (tertiary/aromatic N) is 2. The van der Waals surface area contributed by atoms with Gasteiger partial charge in [0.15, 0.2) is 15.6 Å². The molecule has 1 aliphatic carbocycles. The van der Waals surface area contributed by atoms with E-state index in [4.69, 9.17) is 20.8 Å². The van der Waals surface area contributed by atoms with Crippen LogP contribution in [0.2, 0.25) is 5.02 Å². The van der Waals surface area contributed by atoms with Gasteiger partial charge in [-0.3, -0.25) is 24.2 Å². The maximum absolute atomic E-state index is 15.7. The van der Waals surface area contributed by atoms with Gasteiger partial charge in [0.1, 0.15) is 17.7 Å². The van der Waals surface area contributed by atoms with Gasteiger partial charge in [0, 0.05) is 38.0 Å². The van der Waals surface area contributed by atoms with Crippen LogP contribution in [0, 0.1) is 11.7 Å². The molecular weight excluding hydrogens is 653 g/mol. The van der Waals surface area contributed by atoms with Crippen LogP contribution in [-0.4, -0.2) is 90.6 Å². The Morgan fingerprint density at radius 2 is 1.68 bits per heavy atom. The summed E-state index contributed by atoms with van der Waals surface area (Å²) in [6, 6.07) is 9.38. The van der Waals surface area contributed by atoms with E-state index in [9.17, 15) is 27.9 Å². The number of carbonyl (C=O) groups is 3. The number of carbonyl (C=O) groups excluding carboxylic acids is 2. The average Bonchev–Trinajstić information content (AvgIpc) is 3.74. The van der Waals surface area contributed by atoms with Crippen LogP contribution in [0.5, 0.6) is 0 Å². The molecule has 1 atom stereocenters. The van der Waals surface area contributed by atoms with Gasteiger partial charge in [-0.2, -0.15) is 0 Å². The number of fused-ring (bicyclic) bond motifs is 1. The number of likely N-dealkylation sites (tertiary alicyclic amines) is 1. The smallest absolute Gasteiger partial charge is 0.306 e. The topological polar surface area (TPSA) is 146 Å². The fourth-order valence-electron chi connectivity index (χ4n) is 6.91. The third-order valence-electron chi connectivity index (χ3n) is 9.49. The lowest BCUT2D eigenvalue weighted by atomic mass is 9.87. The van der Waals surface area contributed by atoms with Crippen molar-refractivity contribution < 1.29 is 41.5 Å². The van der Waals surface area contributed by atoms with E-state index in [1.54, 1.807) is 29.2 Å². The summed E-state index contributed by atoms with van der Waals surface area (Å²) < 4.78 is 52.7. The van der Waals surface area contributed by atoms with E-state index in [1.165, 1.54) is 12.3 Å². The number of carboxylic acid groups (broad SMARTS) is 1. The van der Waals surface area contributed by atoms with Gasteiger partial charge in [0.2, 0.25) is 5.85 Å². The summed E-state index contributed by atoms with van der Waals surface area (Å²) in [5.74, 6) is -5.08. The van der Waals surface area contributed by atoms with Crippen LogP contribution in [0.4, 0.5) is 10.1 Å². The maximum atomic E-state index is 15.7. The minimum Gasteiger partial charge on any atom is -0.481 e. The lowest BCUT2D eigenvalue weighted by molar-refractivity contribution is -0.255. The molecule has 0 spiro atoms. The second kappa shape index (κ2) is 13.6. The Kier molecular flexibility index (Phi) is 9.73. The zero-order chi connectivity index (χ0) is 33.3. The van der Waals surface area contributed by atoms with E-state index in [2.05, 4.69) is 5.32 Å². The molecule has 2 aromatic carbocycles. The van der Waals surface area contributed by atoms with Gasteiger partial charge in [-0.15, -0.1) is 0 Å². The Morgan fingerprint density at radius 3 is 2.36 bits per heavy atom. The molecule has 1 aromatic heterocycles. The van der Waals surface area contributed by atoms with Crippen LogP contribution in [0.25, 0.3) is 11.0 Å². The number of anilines is 1. The lowest BCUT2D eigenvalue weighted by Crippen LogP contribution is -2.70. The zero-order valence-electron chi connectivity index (χ0n) is 25.8. The van der Waals surface area contributed by atoms with Gasteiger partial charge < -0.3 is 19.6 Å². The highest BCUT2D eigenvalue weighted by molar-refractivity contribution is 7.91. The Bertz CT molecular complexity index is 1770. The molecule has 1 amide bonds. The van der Waals surface area contributed by atoms with Gasteiger partial charge in [0.25, 0.3) is 5.91 Å². The first-order valence-electron chi connectivity index (χ1n) is 15.9. The van der Waals surface area contributed by atoms with Crippen molar-refractivity contribution >= 4 is 55.8 Å². The molecule has 3 fully saturated rings. The summed E-state index contributed by atoms with van der Waals surface area (Å²) in [7, 11) is -3.30. The standard InChI is InChI=1S/C33H37ClFN3O8S/c34-26-17-22(27(35)19-28(26)36-31(40)25-20-45-29-6-2-1-5-24(25)29)18-30(39)33(37-11-3-4-12-37,38-13-15-47(43,44)16-14-38)46-23-9-7-21(8-10-23)32(41)42/h1-2,5-6,17,19-21,23H,3-4,7-16,18H2,(H,36,40)(H,41,42). The number of rotatable bonds is 10. The highest BCUT2D eigenvalue weighted by atomic mass is 35.5. The molecule has 6 rings (SSSR count). The third kappa shape index (κ3) is 6.95. The predicted molar refractivity (Wildman–Crippen MR) is 173 cm³/mol. The van der Waals surface area contributed by atoms with E-state index in [0.717, 1.165) is 18.9 Å². The van der Waals surface area contributed by atoms with Crippen LogP contribution < -0.4 is 5.32 Å². The number of sulfone groups is 1. The normalized spacial score (nSPS) is 23.4. The molecule has 47 heavy (non-hydrogen) atoms. The number of carboxylic acids is 1. The molecule has 11 nitrogen and oxygen atoms in total. The van der Waals surface area contributed by atoms with Gasteiger partial charge in [-0.1, -0.05) is 29.8 Å². The summed E-state index contributed by atoms with van der Waals surface area (Å²) in [5, 5.41) is 12.7. The van der Waals surface area contributed by atoms with Crippen LogP contribution in [-0.2, 0) is 30.6 Å².